The van der Waals surface area contributed by atoms with E-state index in [4.69, 9.17) is 9.47 Å². The number of fused-ring (bicyclic) bond motifs is 1. The Balaban J connectivity index is 1.92. The van der Waals surface area contributed by atoms with Crippen molar-refractivity contribution in [3.63, 3.8) is 0 Å². The van der Waals surface area contributed by atoms with Crippen LogP contribution in [0.4, 0.5) is 0 Å². The van der Waals surface area contributed by atoms with Crippen molar-refractivity contribution in [2.75, 3.05) is 20.0 Å². The predicted molar refractivity (Wildman–Crippen MR) is 115 cm³/mol. The quantitative estimate of drug-likeness (QED) is 0.447. The number of thioether (sulfide) groups is 1. The molecule has 1 unspecified atom stereocenters. The van der Waals surface area contributed by atoms with Crippen molar-refractivity contribution in [1.82, 2.24) is 19.9 Å². The topological polar surface area (TPSA) is 77.8 Å². The summed E-state index contributed by atoms with van der Waals surface area (Å²) in [6, 6.07) is 7.84. The number of amides is 1. The SMILES string of the molecule is CCC(C)NC(=O)CSc1cc(C)nc2c(-c3ccc(OC)c(OC)c3)cnn12. The first kappa shape index (κ1) is 21.0. The summed E-state index contributed by atoms with van der Waals surface area (Å²) in [5.41, 5.74) is 3.42. The smallest absolute Gasteiger partial charge is 0.230 e. The van der Waals surface area contributed by atoms with Gasteiger partial charge in [-0.1, -0.05) is 24.8 Å². The van der Waals surface area contributed by atoms with Crippen molar-refractivity contribution in [2.24, 2.45) is 0 Å². The van der Waals surface area contributed by atoms with Crippen molar-refractivity contribution in [3.8, 4) is 22.6 Å². The van der Waals surface area contributed by atoms with E-state index in [1.54, 1.807) is 24.9 Å². The molecule has 1 N–H and O–H groups in total. The van der Waals surface area contributed by atoms with Crippen molar-refractivity contribution in [2.45, 2.75) is 38.3 Å². The normalized spacial score (nSPS) is 12.0. The molecule has 3 rings (SSSR count). The maximum absolute atomic E-state index is 12.2. The Hall–Kier alpha value is -2.74. The molecule has 2 heterocycles. The number of methoxy groups -OCH3 is 2. The number of hydrogen-bond acceptors (Lipinski definition) is 6. The molecule has 0 saturated heterocycles. The Bertz CT molecular complexity index is 1020. The van der Waals surface area contributed by atoms with E-state index in [9.17, 15) is 4.79 Å². The van der Waals surface area contributed by atoms with Gasteiger partial charge in [0.05, 0.1) is 26.2 Å². The van der Waals surface area contributed by atoms with Gasteiger partial charge in [-0.15, -0.1) is 0 Å². The van der Waals surface area contributed by atoms with Gasteiger partial charge in [0.25, 0.3) is 0 Å². The molecule has 3 aromatic rings. The fraction of sp³-hybridized carbons (Fsp3) is 0.381. The molecule has 29 heavy (non-hydrogen) atoms. The third kappa shape index (κ3) is 4.64. The first-order valence-corrected chi connectivity index (χ1v) is 10.4. The number of hydrogen-bond donors (Lipinski definition) is 1. The lowest BCUT2D eigenvalue weighted by Gasteiger charge is -2.12. The van der Waals surface area contributed by atoms with Gasteiger partial charge in [-0.3, -0.25) is 4.79 Å². The van der Waals surface area contributed by atoms with Gasteiger partial charge < -0.3 is 14.8 Å². The van der Waals surface area contributed by atoms with Crippen LogP contribution >= 0.6 is 11.8 Å². The molecule has 0 aliphatic heterocycles. The zero-order chi connectivity index (χ0) is 21.0. The number of benzene rings is 1. The summed E-state index contributed by atoms with van der Waals surface area (Å²) in [5.74, 6) is 1.65. The summed E-state index contributed by atoms with van der Waals surface area (Å²) in [6.07, 6.45) is 2.69. The third-order valence-corrected chi connectivity index (χ3v) is 5.63. The molecule has 0 aliphatic carbocycles. The van der Waals surface area contributed by atoms with Gasteiger partial charge in [0, 0.05) is 17.3 Å². The number of carbonyl (C=O) groups excluding carboxylic acids is 1. The monoisotopic (exact) mass is 414 g/mol. The molecular formula is C21H26N4O3S. The van der Waals surface area contributed by atoms with E-state index in [0.29, 0.717) is 17.3 Å². The van der Waals surface area contributed by atoms with Crippen molar-refractivity contribution < 1.29 is 14.3 Å². The molecule has 1 amide bonds. The first-order valence-electron chi connectivity index (χ1n) is 9.46. The molecule has 1 aromatic carbocycles. The van der Waals surface area contributed by atoms with E-state index in [0.717, 1.165) is 33.9 Å². The summed E-state index contributed by atoms with van der Waals surface area (Å²) >= 11 is 1.45. The first-order chi connectivity index (χ1) is 14.0. The van der Waals surface area contributed by atoms with Gasteiger partial charge in [-0.25, -0.2) is 9.50 Å². The molecule has 1 atom stereocenters. The third-order valence-electron chi connectivity index (χ3n) is 4.63. The molecule has 2 aromatic heterocycles. The molecule has 0 bridgehead atoms. The fourth-order valence-corrected chi connectivity index (χ4v) is 3.79. The van der Waals surface area contributed by atoms with Crippen LogP contribution in [0.3, 0.4) is 0 Å². The molecule has 0 aliphatic rings. The van der Waals surface area contributed by atoms with Crippen LogP contribution < -0.4 is 14.8 Å². The van der Waals surface area contributed by atoms with Crippen LogP contribution in [-0.2, 0) is 4.79 Å². The highest BCUT2D eigenvalue weighted by Gasteiger charge is 2.15. The highest BCUT2D eigenvalue weighted by Crippen LogP contribution is 2.34. The maximum atomic E-state index is 12.2. The van der Waals surface area contributed by atoms with Crippen molar-refractivity contribution in [1.29, 1.82) is 0 Å². The van der Waals surface area contributed by atoms with Crippen LogP contribution in [0.1, 0.15) is 26.0 Å². The van der Waals surface area contributed by atoms with Crippen LogP contribution in [-0.4, -0.2) is 46.5 Å². The summed E-state index contributed by atoms with van der Waals surface area (Å²) in [4.78, 5) is 16.8. The maximum Gasteiger partial charge on any atom is 0.230 e. The highest BCUT2D eigenvalue weighted by atomic mass is 32.2. The number of rotatable bonds is 8. The van der Waals surface area contributed by atoms with Gasteiger partial charge in [0.2, 0.25) is 5.91 Å². The Morgan fingerprint density at radius 2 is 2.00 bits per heavy atom. The van der Waals surface area contributed by atoms with Crippen molar-refractivity contribution in [3.05, 3.63) is 36.2 Å². The van der Waals surface area contributed by atoms with Crippen LogP contribution in [0.2, 0.25) is 0 Å². The molecule has 0 spiro atoms. The molecule has 7 nitrogen and oxygen atoms in total. The van der Waals surface area contributed by atoms with Gasteiger partial charge in [0.1, 0.15) is 5.03 Å². The van der Waals surface area contributed by atoms with E-state index in [1.165, 1.54) is 11.8 Å². The van der Waals surface area contributed by atoms with E-state index >= 15 is 0 Å². The lowest BCUT2D eigenvalue weighted by molar-refractivity contribution is -0.119. The minimum atomic E-state index is 0.0132. The predicted octanol–water partition coefficient (Wildman–Crippen LogP) is 3.73. The second-order valence-corrected chi connectivity index (χ2v) is 7.76. The van der Waals surface area contributed by atoms with Crippen molar-refractivity contribution >= 4 is 23.3 Å². The van der Waals surface area contributed by atoms with Crippen LogP contribution in [0, 0.1) is 6.92 Å². The number of aromatic nitrogens is 3. The van der Waals surface area contributed by atoms with Gasteiger partial charge in [-0.05, 0) is 44.0 Å². The summed E-state index contributed by atoms with van der Waals surface area (Å²) in [6.45, 7) is 5.99. The lowest BCUT2D eigenvalue weighted by atomic mass is 10.1. The number of nitrogens with one attached hydrogen (secondary N) is 1. The molecular weight excluding hydrogens is 388 g/mol. The van der Waals surface area contributed by atoms with E-state index in [1.807, 2.05) is 45.0 Å². The molecule has 8 heteroatoms. The number of carbonyl (C=O) groups is 1. The zero-order valence-corrected chi connectivity index (χ0v) is 18.2. The largest absolute Gasteiger partial charge is 0.493 e. The number of aryl methyl sites for hydroxylation is 1. The number of nitrogens with zero attached hydrogens (tertiary/aromatic N) is 3. The van der Waals surface area contributed by atoms with E-state index in [2.05, 4.69) is 15.4 Å². The average Bonchev–Trinajstić information content (AvgIpc) is 3.15. The zero-order valence-electron chi connectivity index (χ0n) is 17.4. The van der Waals surface area contributed by atoms with Gasteiger partial charge in [0.15, 0.2) is 17.1 Å². The van der Waals surface area contributed by atoms with Crippen LogP contribution in [0.25, 0.3) is 16.8 Å². The van der Waals surface area contributed by atoms with E-state index < -0.39 is 0 Å². The van der Waals surface area contributed by atoms with Crippen LogP contribution in [0.5, 0.6) is 11.5 Å². The van der Waals surface area contributed by atoms with E-state index in [-0.39, 0.29) is 11.9 Å². The van der Waals surface area contributed by atoms with Crippen LogP contribution in [0.15, 0.2) is 35.5 Å². The highest BCUT2D eigenvalue weighted by molar-refractivity contribution is 7.99. The Morgan fingerprint density at radius 1 is 1.24 bits per heavy atom. The standard InChI is InChI=1S/C21H26N4O3S/c1-6-13(2)23-19(26)12-29-20-9-14(3)24-21-16(11-22-25(20)21)15-7-8-17(27-4)18(10-15)28-5/h7-11,13H,6,12H2,1-5H3,(H,23,26). The fourth-order valence-electron chi connectivity index (χ4n) is 2.92. The Labute approximate surface area is 174 Å². The summed E-state index contributed by atoms with van der Waals surface area (Å²) < 4.78 is 12.5. The van der Waals surface area contributed by atoms with Gasteiger partial charge >= 0.3 is 0 Å². The summed E-state index contributed by atoms with van der Waals surface area (Å²) in [7, 11) is 3.22. The average molecular weight is 415 g/mol. The second-order valence-electron chi connectivity index (χ2n) is 6.76. The Morgan fingerprint density at radius 3 is 2.69 bits per heavy atom. The number of ether oxygens (including phenoxy) is 2. The molecule has 0 fully saturated rings. The minimum absolute atomic E-state index is 0.0132. The molecule has 0 radical (unpaired) electrons. The second kappa shape index (κ2) is 9.17. The minimum Gasteiger partial charge on any atom is -0.493 e. The van der Waals surface area contributed by atoms with Gasteiger partial charge in [-0.2, -0.15) is 5.10 Å². The Kier molecular flexibility index (Phi) is 6.64. The molecule has 0 saturated carbocycles. The lowest BCUT2D eigenvalue weighted by Crippen LogP contribution is -2.33. The summed E-state index contributed by atoms with van der Waals surface area (Å²) in [5, 5.41) is 8.38. The molecule has 154 valence electrons.